The topological polar surface area (TPSA) is 109 Å². The second kappa shape index (κ2) is 11.0. The number of rotatable bonds is 2. The Morgan fingerprint density at radius 1 is 1.19 bits per heavy atom. The first-order valence-electron chi connectivity index (χ1n) is 13.1. The maximum Gasteiger partial charge on any atom is 0.309 e. The van der Waals surface area contributed by atoms with Crippen LogP contribution in [-0.2, 0) is 19.1 Å². The molecule has 2 saturated heterocycles. The van der Waals surface area contributed by atoms with Gasteiger partial charge in [0.05, 0.1) is 46.5 Å². The summed E-state index contributed by atoms with van der Waals surface area (Å²) < 4.78 is 12.1. The summed E-state index contributed by atoms with van der Waals surface area (Å²) in [6, 6.07) is 0. The fraction of sp³-hybridized carbons (Fsp3) is 0.750. The lowest BCUT2D eigenvalue weighted by atomic mass is 9.73. The van der Waals surface area contributed by atoms with Crippen molar-refractivity contribution >= 4 is 29.2 Å². The van der Waals surface area contributed by atoms with Gasteiger partial charge < -0.3 is 19.7 Å². The van der Waals surface area contributed by atoms with Crippen molar-refractivity contribution in [3.8, 4) is 0 Å². The monoisotopic (exact) mass is 521 g/mol. The summed E-state index contributed by atoms with van der Waals surface area (Å²) in [5.41, 5.74) is 0.138. The number of carbonyl (C=O) groups excluding carboxylic acids is 2. The molecule has 3 rings (SSSR count). The van der Waals surface area contributed by atoms with Gasteiger partial charge in [0.25, 0.3) is 0 Å². The van der Waals surface area contributed by atoms with Crippen LogP contribution in [0.25, 0.3) is 6.08 Å². The van der Waals surface area contributed by atoms with Crippen LogP contribution in [0.2, 0.25) is 0 Å². The number of hydrogen-bond donors (Lipinski definition) is 2. The first-order chi connectivity index (χ1) is 16.7. The number of nitrogens with zero attached hydrogens (tertiary/aromatic N) is 1. The molecule has 2 fully saturated rings. The molecule has 1 aromatic rings. The number of fused-ring (bicyclic) bond motifs is 1. The van der Waals surface area contributed by atoms with Gasteiger partial charge in [-0.05, 0) is 51.2 Å². The molecule has 8 atom stereocenters. The van der Waals surface area contributed by atoms with Crippen molar-refractivity contribution in [3.05, 3.63) is 21.7 Å². The summed E-state index contributed by atoms with van der Waals surface area (Å²) in [7, 11) is 0. The first kappa shape index (κ1) is 29.0. The molecule has 2 aliphatic rings. The molecule has 7 nitrogen and oxygen atoms in total. The zero-order valence-electron chi connectivity index (χ0n) is 22.9. The summed E-state index contributed by atoms with van der Waals surface area (Å²) in [5, 5.41) is 24.7. The van der Waals surface area contributed by atoms with Gasteiger partial charge >= 0.3 is 5.97 Å². The van der Waals surface area contributed by atoms with Crippen LogP contribution < -0.4 is 0 Å². The maximum atomic E-state index is 13.3. The van der Waals surface area contributed by atoms with E-state index in [0.717, 1.165) is 35.5 Å². The zero-order valence-corrected chi connectivity index (χ0v) is 23.7. The highest BCUT2D eigenvalue weighted by molar-refractivity contribution is 7.09. The number of thiazole rings is 1. The molecule has 202 valence electrons. The van der Waals surface area contributed by atoms with Gasteiger partial charge in [0, 0.05) is 17.2 Å². The Hall–Kier alpha value is -1.61. The third kappa shape index (κ3) is 6.26. The number of aliphatic hydroxyl groups is 2. The zero-order chi connectivity index (χ0) is 27.0. The Balaban J connectivity index is 1.91. The van der Waals surface area contributed by atoms with Crippen LogP contribution in [0.3, 0.4) is 0 Å². The largest absolute Gasteiger partial charge is 0.457 e. The average Bonchev–Trinajstić information content (AvgIpc) is 3.31. The number of Topliss-reactive ketones (excluding diaryl/α,β-unsaturated/α-hetero) is 1. The molecule has 2 N–H and O–H groups in total. The third-order valence-electron chi connectivity index (χ3n) is 8.29. The highest BCUT2D eigenvalue weighted by Crippen LogP contribution is 2.47. The summed E-state index contributed by atoms with van der Waals surface area (Å²) >= 11 is 1.56. The van der Waals surface area contributed by atoms with Crippen molar-refractivity contribution in [1.29, 1.82) is 0 Å². The lowest BCUT2D eigenvalue weighted by molar-refractivity contribution is -0.156. The molecule has 2 aliphatic heterocycles. The Bertz CT molecular complexity index is 986. The number of cyclic esters (lactones) is 1. The van der Waals surface area contributed by atoms with Crippen LogP contribution in [0.5, 0.6) is 0 Å². The lowest BCUT2D eigenvalue weighted by Gasteiger charge is -2.35. The molecule has 1 aromatic heterocycles. The van der Waals surface area contributed by atoms with Crippen LogP contribution in [0.4, 0.5) is 0 Å². The Kier molecular flexibility index (Phi) is 8.86. The summed E-state index contributed by atoms with van der Waals surface area (Å²) in [6.07, 6.45) is 1.37. The van der Waals surface area contributed by atoms with Crippen molar-refractivity contribution in [1.82, 2.24) is 4.98 Å². The number of aromatic nitrogens is 1. The summed E-state index contributed by atoms with van der Waals surface area (Å²) in [6.45, 7) is 14.9. The fourth-order valence-corrected chi connectivity index (χ4v) is 6.17. The second-order valence-corrected chi connectivity index (χ2v) is 12.8. The highest BCUT2D eigenvalue weighted by Gasteiger charge is 2.56. The first-order valence-corrected chi connectivity index (χ1v) is 13.9. The molecule has 0 radical (unpaired) electrons. The minimum atomic E-state index is -1.24. The van der Waals surface area contributed by atoms with Gasteiger partial charge in [0.2, 0.25) is 0 Å². The van der Waals surface area contributed by atoms with E-state index in [-0.39, 0.29) is 35.7 Å². The second-order valence-electron chi connectivity index (χ2n) is 11.8. The van der Waals surface area contributed by atoms with Crippen LogP contribution in [0, 0.1) is 30.1 Å². The number of aryl methyl sites for hydroxylation is 1. The van der Waals surface area contributed by atoms with Gasteiger partial charge in [0.15, 0.2) is 0 Å². The van der Waals surface area contributed by atoms with Crippen LogP contribution >= 0.6 is 11.3 Å². The molecule has 0 spiro atoms. The Morgan fingerprint density at radius 3 is 2.47 bits per heavy atom. The molecule has 0 amide bonds. The van der Waals surface area contributed by atoms with E-state index in [2.05, 4.69) is 11.9 Å². The molecular formula is C28H43NO6S. The Labute approximate surface area is 219 Å². The van der Waals surface area contributed by atoms with Gasteiger partial charge in [-0.2, -0.15) is 0 Å². The van der Waals surface area contributed by atoms with Gasteiger partial charge in [-0.25, -0.2) is 4.98 Å². The quantitative estimate of drug-likeness (QED) is 0.428. The predicted octanol–water partition coefficient (Wildman–Crippen LogP) is 4.72. The molecule has 1 unspecified atom stereocenters. The van der Waals surface area contributed by atoms with Crippen molar-refractivity contribution < 1.29 is 29.3 Å². The average molecular weight is 522 g/mol. The standard InChI is InChI=1S/C28H43NO6S/c1-15-10-9-11-28(8)26(35-28)18(4)24(16(2)12-20-14-36-19(5)29-20)34-22(31)13-21(30)27(6,7)25(33)17(3)23(15)32/h12,14-15,17-18,21,23-24,26,30,32H,9-11,13H2,1-8H3/b16-12+/t15-,17+,18-,21-,23?,24+,26+,28-/m0/s1. The van der Waals surface area contributed by atoms with E-state index in [0.29, 0.717) is 0 Å². The van der Waals surface area contributed by atoms with Crippen molar-refractivity contribution in [2.45, 2.75) is 111 Å². The van der Waals surface area contributed by atoms with E-state index in [1.807, 2.05) is 39.2 Å². The number of aliphatic hydroxyl groups excluding tert-OH is 2. The lowest BCUT2D eigenvalue weighted by Crippen LogP contribution is -2.46. The van der Waals surface area contributed by atoms with E-state index < -0.39 is 35.6 Å². The highest BCUT2D eigenvalue weighted by atomic mass is 32.1. The predicted molar refractivity (Wildman–Crippen MR) is 140 cm³/mol. The number of ketones is 1. The molecule has 36 heavy (non-hydrogen) atoms. The summed E-state index contributed by atoms with van der Waals surface area (Å²) in [5.74, 6) is -1.68. The molecule has 0 aliphatic carbocycles. The molecule has 0 aromatic carbocycles. The maximum absolute atomic E-state index is 13.3. The van der Waals surface area contributed by atoms with Crippen molar-refractivity contribution in [3.63, 3.8) is 0 Å². The van der Waals surface area contributed by atoms with Gasteiger partial charge in [-0.1, -0.05) is 41.0 Å². The van der Waals surface area contributed by atoms with E-state index >= 15 is 0 Å². The Morgan fingerprint density at radius 2 is 1.86 bits per heavy atom. The number of hydrogen-bond acceptors (Lipinski definition) is 8. The van der Waals surface area contributed by atoms with E-state index in [4.69, 9.17) is 9.47 Å². The number of carbonyl (C=O) groups is 2. The van der Waals surface area contributed by atoms with Crippen LogP contribution in [-0.4, -0.2) is 57.0 Å². The van der Waals surface area contributed by atoms with Gasteiger partial charge in [-0.15, -0.1) is 11.3 Å². The molecule has 0 saturated carbocycles. The fourth-order valence-electron chi connectivity index (χ4n) is 5.60. The molecule has 3 heterocycles. The third-order valence-corrected chi connectivity index (χ3v) is 9.08. The molecule has 8 heteroatoms. The minimum absolute atomic E-state index is 0.0764. The van der Waals surface area contributed by atoms with Crippen LogP contribution in [0.15, 0.2) is 11.0 Å². The van der Waals surface area contributed by atoms with E-state index in [1.165, 1.54) is 0 Å². The number of esters is 1. The van der Waals surface area contributed by atoms with Crippen molar-refractivity contribution in [2.75, 3.05) is 0 Å². The van der Waals surface area contributed by atoms with E-state index in [1.54, 1.807) is 32.1 Å². The summed E-state index contributed by atoms with van der Waals surface area (Å²) in [4.78, 5) is 30.8. The van der Waals surface area contributed by atoms with Gasteiger partial charge in [0.1, 0.15) is 11.9 Å². The normalized spacial score (nSPS) is 38.8. The van der Waals surface area contributed by atoms with Crippen LogP contribution in [0.1, 0.15) is 84.9 Å². The smallest absolute Gasteiger partial charge is 0.309 e. The van der Waals surface area contributed by atoms with E-state index in [9.17, 15) is 19.8 Å². The van der Waals surface area contributed by atoms with Crippen molar-refractivity contribution in [2.24, 2.45) is 23.2 Å². The number of ether oxygens (including phenoxy) is 2. The molecule has 0 bridgehead atoms. The molecular weight excluding hydrogens is 478 g/mol. The van der Waals surface area contributed by atoms with Gasteiger partial charge in [-0.3, -0.25) is 9.59 Å². The SMILES string of the molecule is C/C(=C\c1csc(C)n1)[C@H]1OC(=O)C[C@H](O)C(C)(C)C(=O)[C@H](C)C(O)[C@@H](C)CCC[C@]2(C)O[C@@H]2[C@H]1C. The minimum Gasteiger partial charge on any atom is -0.457 e. The number of epoxide rings is 1.